The van der Waals surface area contributed by atoms with Crippen LogP contribution in [0.25, 0.3) is 10.9 Å². The van der Waals surface area contributed by atoms with Crippen LogP contribution in [-0.4, -0.2) is 42.2 Å². The van der Waals surface area contributed by atoms with Gasteiger partial charge in [0.1, 0.15) is 17.5 Å². The Kier molecular flexibility index (Phi) is 4.09. The molecule has 0 radical (unpaired) electrons. The number of hydrogen-bond donors (Lipinski definition) is 1. The van der Waals surface area contributed by atoms with E-state index in [4.69, 9.17) is 0 Å². The molecule has 7 heteroatoms. The van der Waals surface area contributed by atoms with Crippen LogP contribution in [0.15, 0.2) is 29.1 Å². The number of nitrogens with zero attached hydrogens (tertiary/aromatic N) is 5. The standard InChI is InChI=1S/C18H22N6O/c1-12-19-13(2)24(22-12)10-14-6-5-9-23(14)11-17-20-16-8-4-3-7-15(16)18(25)21-17/h3-4,7-8,14H,5-6,9-11H2,1-2H3,(H,20,21,25)/t14-/m1/s1. The summed E-state index contributed by atoms with van der Waals surface area (Å²) in [5.74, 6) is 2.48. The minimum atomic E-state index is -0.0703. The van der Waals surface area contributed by atoms with Crippen molar-refractivity contribution >= 4 is 10.9 Å². The van der Waals surface area contributed by atoms with Crippen molar-refractivity contribution in [3.8, 4) is 0 Å². The zero-order valence-corrected chi connectivity index (χ0v) is 14.6. The predicted molar refractivity (Wildman–Crippen MR) is 95.3 cm³/mol. The Balaban J connectivity index is 1.55. The van der Waals surface area contributed by atoms with Gasteiger partial charge in [-0.05, 0) is 45.4 Å². The lowest BCUT2D eigenvalue weighted by atomic mass is 10.2. The Morgan fingerprint density at radius 3 is 2.88 bits per heavy atom. The summed E-state index contributed by atoms with van der Waals surface area (Å²) in [6.07, 6.45) is 2.27. The number of rotatable bonds is 4. The lowest BCUT2D eigenvalue weighted by Gasteiger charge is -2.24. The third kappa shape index (κ3) is 3.19. The highest BCUT2D eigenvalue weighted by Crippen LogP contribution is 2.21. The lowest BCUT2D eigenvalue weighted by Crippen LogP contribution is -2.34. The summed E-state index contributed by atoms with van der Waals surface area (Å²) in [5.41, 5.74) is 0.679. The normalized spacial score (nSPS) is 18.2. The van der Waals surface area contributed by atoms with Crippen LogP contribution in [0.1, 0.15) is 30.3 Å². The Bertz CT molecular complexity index is 960. The molecule has 1 atom stereocenters. The van der Waals surface area contributed by atoms with Crippen LogP contribution < -0.4 is 5.56 Å². The van der Waals surface area contributed by atoms with E-state index in [0.717, 1.165) is 48.9 Å². The van der Waals surface area contributed by atoms with Crippen LogP contribution in [0.4, 0.5) is 0 Å². The SMILES string of the molecule is Cc1nc(C)n(C[C@H]2CCCN2Cc2nc3ccccc3c(=O)[nH]2)n1. The summed E-state index contributed by atoms with van der Waals surface area (Å²) in [6.45, 7) is 6.39. The average molecular weight is 338 g/mol. The second-order valence-corrected chi connectivity index (χ2v) is 6.68. The number of para-hydroxylation sites is 1. The van der Waals surface area contributed by atoms with Crippen molar-refractivity contribution in [3.05, 3.63) is 52.1 Å². The third-order valence-corrected chi connectivity index (χ3v) is 4.86. The molecule has 25 heavy (non-hydrogen) atoms. The van der Waals surface area contributed by atoms with E-state index in [1.807, 2.05) is 36.7 Å². The van der Waals surface area contributed by atoms with Gasteiger partial charge in [0.25, 0.3) is 5.56 Å². The van der Waals surface area contributed by atoms with Gasteiger partial charge in [0.15, 0.2) is 0 Å². The minimum Gasteiger partial charge on any atom is -0.309 e. The Labute approximate surface area is 145 Å². The van der Waals surface area contributed by atoms with E-state index in [-0.39, 0.29) is 5.56 Å². The van der Waals surface area contributed by atoms with E-state index in [1.54, 1.807) is 6.07 Å². The van der Waals surface area contributed by atoms with Crippen molar-refractivity contribution in [1.29, 1.82) is 0 Å². The number of likely N-dealkylation sites (tertiary alicyclic amines) is 1. The molecule has 1 aromatic carbocycles. The fraction of sp³-hybridized carbons (Fsp3) is 0.444. The van der Waals surface area contributed by atoms with Crippen molar-refractivity contribution < 1.29 is 0 Å². The van der Waals surface area contributed by atoms with E-state index >= 15 is 0 Å². The molecule has 4 rings (SSSR count). The van der Waals surface area contributed by atoms with E-state index in [2.05, 4.69) is 25.0 Å². The van der Waals surface area contributed by atoms with Gasteiger partial charge >= 0.3 is 0 Å². The van der Waals surface area contributed by atoms with Gasteiger partial charge < -0.3 is 4.98 Å². The number of H-pyrrole nitrogens is 1. The first-order chi connectivity index (χ1) is 12.1. The van der Waals surface area contributed by atoms with Gasteiger partial charge in [0, 0.05) is 6.04 Å². The van der Waals surface area contributed by atoms with E-state index in [1.165, 1.54) is 0 Å². The molecule has 0 unspecified atom stereocenters. The second kappa shape index (κ2) is 6.40. The summed E-state index contributed by atoms with van der Waals surface area (Å²) >= 11 is 0. The molecule has 1 saturated heterocycles. The molecule has 3 aromatic rings. The van der Waals surface area contributed by atoms with E-state index < -0.39 is 0 Å². The number of aryl methyl sites for hydroxylation is 2. The first kappa shape index (κ1) is 16.0. The summed E-state index contributed by atoms with van der Waals surface area (Å²) in [7, 11) is 0. The van der Waals surface area contributed by atoms with Crippen molar-refractivity contribution in [3.63, 3.8) is 0 Å². The quantitative estimate of drug-likeness (QED) is 0.784. The largest absolute Gasteiger partial charge is 0.309 e. The van der Waals surface area contributed by atoms with Crippen molar-refractivity contribution in [1.82, 2.24) is 29.6 Å². The highest BCUT2D eigenvalue weighted by molar-refractivity contribution is 5.77. The zero-order valence-electron chi connectivity index (χ0n) is 14.6. The maximum absolute atomic E-state index is 12.3. The maximum atomic E-state index is 12.3. The lowest BCUT2D eigenvalue weighted by molar-refractivity contribution is 0.213. The number of aromatic amines is 1. The summed E-state index contributed by atoms with van der Waals surface area (Å²) in [4.78, 5) is 26.6. The van der Waals surface area contributed by atoms with Gasteiger partial charge in [0.2, 0.25) is 0 Å². The van der Waals surface area contributed by atoms with Crippen LogP contribution >= 0.6 is 0 Å². The van der Waals surface area contributed by atoms with Crippen LogP contribution in [0.2, 0.25) is 0 Å². The monoisotopic (exact) mass is 338 g/mol. The van der Waals surface area contributed by atoms with E-state index in [9.17, 15) is 4.79 Å². The smallest absolute Gasteiger partial charge is 0.258 e. The predicted octanol–water partition coefficient (Wildman–Crippen LogP) is 1.80. The Morgan fingerprint density at radius 2 is 2.08 bits per heavy atom. The van der Waals surface area contributed by atoms with E-state index in [0.29, 0.717) is 18.0 Å². The van der Waals surface area contributed by atoms with Gasteiger partial charge in [-0.25, -0.2) is 14.6 Å². The third-order valence-electron chi connectivity index (χ3n) is 4.86. The zero-order chi connectivity index (χ0) is 17.4. The summed E-state index contributed by atoms with van der Waals surface area (Å²) in [6, 6.07) is 7.85. The van der Waals surface area contributed by atoms with Crippen LogP contribution in [-0.2, 0) is 13.1 Å². The molecule has 7 nitrogen and oxygen atoms in total. The first-order valence-corrected chi connectivity index (χ1v) is 8.70. The average Bonchev–Trinajstić information content (AvgIpc) is 3.14. The maximum Gasteiger partial charge on any atom is 0.258 e. The molecule has 0 bridgehead atoms. The highest BCUT2D eigenvalue weighted by Gasteiger charge is 2.26. The molecule has 1 aliphatic heterocycles. The molecular weight excluding hydrogens is 316 g/mol. The van der Waals surface area contributed by atoms with Crippen molar-refractivity contribution in [2.75, 3.05) is 6.54 Å². The number of hydrogen-bond acceptors (Lipinski definition) is 5. The van der Waals surface area contributed by atoms with Gasteiger partial charge in [-0.15, -0.1) is 0 Å². The molecule has 1 fully saturated rings. The van der Waals surface area contributed by atoms with Crippen molar-refractivity contribution in [2.24, 2.45) is 0 Å². The molecule has 2 aromatic heterocycles. The first-order valence-electron chi connectivity index (χ1n) is 8.70. The fourth-order valence-electron chi connectivity index (χ4n) is 3.65. The fourth-order valence-corrected chi connectivity index (χ4v) is 3.65. The van der Waals surface area contributed by atoms with Crippen LogP contribution in [0.5, 0.6) is 0 Å². The number of aromatic nitrogens is 5. The van der Waals surface area contributed by atoms with Gasteiger partial charge in [-0.3, -0.25) is 9.69 Å². The van der Waals surface area contributed by atoms with Gasteiger partial charge in [-0.2, -0.15) is 5.10 Å². The Hall–Kier alpha value is -2.54. The number of nitrogens with one attached hydrogen (secondary N) is 1. The molecule has 0 amide bonds. The molecule has 1 N–H and O–H groups in total. The van der Waals surface area contributed by atoms with Crippen LogP contribution in [0.3, 0.4) is 0 Å². The summed E-state index contributed by atoms with van der Waals surface area (Å²) in [5, 5.41) is 5.11. The van der Waals surface area contributed by atoms with Gasteiger partial charge in [0.05, 0.1) is 24.0 Å². The molecule has 1 aliphatic rings. The van der Waals surface area contributed by atoms with Crippen molar-refractivity contribution in [2.45, 2.75) is 45.8 Å². The molecule has 3 heterocycles. The number of fused-ring (bicyclic) bond motifs is 1. The van der Waals surface area contributed by atoms with Gasteiger partial charge in [-0.1, -0.05) is 12.1 Å². The molecular formula is C18H22N6O. The molecule has 0 aliphatic carbocycles. The topological polar surface area (TPSA) is 79.7 Å². The summed E-state index contributed by atoms with van der Waals surface area (Å²) < 4.78 is 1.98. The Morgan fingerprint density at radius 1 is 1.24 bits per heavy atom. The molecule has 0 saturated carbocycles. The molecule has 130 valence electrons. The minimum absolute atomic E-state index is 0.0703. The number of benzene rings is 1. The van der Waals surface area contributed by atoms with Crippen LogP contribution in [0, 0.1) is 13.8 Å². The molecule has 0 spiro atoms. The second-order valence-electron chi connectivity index (χ2n) is 6.68. The highest BCUT2D eigenvalue weighted by atomic mass is 16.1.